The van der Waals surface area contributed by atoms with Gasteiger partial charge in [-0.1, -0.05) is 12.1 Å². The Morgan fingerprint density at radius 1 is 1.12 bits per heavy atom. The lowest BCUT2D eigenvalue weighted by atomic mass is 9.79. The van der Waals surface area contributed by atoms with Gasteiger partial charge in [-0.2, -0.15) is 0 Å². The van der Waals surface area contributed by atoms with Gasteiger partial charge in [0.15, 0.2) is 0 Å². The third-order valence-electron chi connectivity index (χ3n) is 4.31. The van der Waals surface area contributed by atoms with Gasteiger partial charge in [-0.05, 0) is 52.7 Å². The summed E-state index contributed by atoms with van der Waals surface area (Å²) < 4.78 is 5.10. The van der Waals surface area contributed by atoms with E-state index in [0.717, 1.165) is 5.06 Å². The normalized spacial score (nSPS) is 20.4. The number of carbonyl (C=O) groups excluding carboxylic acids is 2. The molecule has 1 N–H and O–H groups in total. The molecular formula is C18H25N2O4. The number of nitrogens with zero attached hydrogens (tertiary/aromatic N) is 1. The highest BCUT2D eigenvalue weighted by molar-refractivity contribution is 5.97. The summed E-state index contributed by atoms with van der Waals surface area (Å²) in [5.41, 5.74) is -0.808. The molecule has 2 rings (SSSR count). The van der Waals surface area contributed by atoms with E-state index in [1.807, 2.05) is 27.7 Å². The second kappa shape index (κ2) is 6.53. The van der Waals surface area contributed by atoms with E-state index >= 15 is 0 Å². The van der Waals surface area contributed by atoms with E-state index in [1.165, 1.54) is 6.92 Å². The summed E-state index contributed by atoms with van der Waals surface area (Å²) in [5.74, 6) is -0.540. The number of para-hydroxylation sites is 1. The number of hydrogen-bond donors (Lipinski definition) is 1. The van der Waals surface area contributed by atoms with Crippen LogP contribution < -0.4 is 10.1 Å². The molecule has 1 fully saturated rings. The molecule has 131 valence electrons. The van der Waals surface area contributed by atoms with Crippen LogP contribution in [0.2, 0.25) is 0 Å². The summed E-state index contributed by atoms with van der Waals surface area (Å²) in [7, 11) is 0. The molecule has 1 amide bonds. The van der Waals surface area contributed by atoms with Crippen LogP contribution in [-0.2, 0) is 10.0 Å². The van der Waals surface area contributed by atoms with Crippen LogP contribution in [0.1, 0.15) is 57.8 Å². The van der Waals surface area contributed by atoms with Crippen molar-refractivity contribution in [3.8, 4) is 5.75 Å². The lowest BCUT2D eigenvalue weighted by Crippen LogP contribution is -2.62. The molecule has 0 spiro atoms. The minimum Gasteiger partial charge on any atom is -0.426 e. The predicted octanol–water partition coefficient (Wildman–Crippen LogP) is 2.71. The number of esters is 1. The largest absolute Gasteiger partial charge is 0.426 e. The zero-order valence-electron chi connectivity index (χ0n) is 14.9. The van der Waals surface area contributed by atoms with Crippen LogP contribution in [0.4, 0.5) is 0 Å². The molecule has 6 heteroatoms. The number of ether oxygens (including phenoxy) is 1. The van der Waals surface area contributed by atoms with Gasteiger partial charge in [0.25, 0.3) is 5.91 Å². The van der Waals surface area contributed by atoms with Gasteiger partial charge in [0.2, 0.25) is 0 Å². The van der Waals surface area contributed by atoms with Crippen LogP contribution in [0.3, 0.4) is 0 Å². The van der Waals surface area contributed by atoms with Crippen LogP contribution in [-0.4, -0.2) is 34.1 Å². The van der Waals surface area contributed by atoms with Crippen LogP contribution in [0, 0.1) is 0 Å². The second-order valence-electron chi connectivity index (χ2n) is 7.59. The lowest BCUT2D eigenvalue weighted by Gasteiger charge is -2.50. The van der Waals surface area contributed by atoms with Crippen molar-refractivity contribution in [2.75, 3.05) is 0 Å². The second-order valence-corrected chi connectivity index (χ2v) is 7.59. The van der Waals surface area contributed by atoms with E-state index in [9.17, 15) is 14.8 Å². The molecule has 1 heterocycles. The summed E-state index contributed by atoms with van der Waals surface area (Å²) in [6.07, 6.45) is 1.11. The molecule has 0 unspecified atom stereocenters. The van der Waals surface area contributed by atoms with Crippen molar-refractivity contribution in [1.29, 1.82) is 0 Å². The van der Waals surface area contributed by atoms with Gasteiger partial charge in [-0.25, -0.2) is 0 Å². The molecule has 0 saturated carbocycles. The summed E-state index contributed by atoms with van der Waals surface area (Å²) in [4.78, 5) is 23.8. The SMILES string of the molecule is CC(=O)Oc1ccccc1C(=O)NC1CC(C)(C)N([O])C(C)(C)C1. The van der Waals surface area contributed by atoms with Crippen molar-refractivity contribution in [1.82, 2.24) is 10.4 Å². The highest BCUT2D eigenvalue weighted by Crippen LogP contribution is 2.37. The molecule has 0 bridgehead atoms. The van der Waals surface area contributed by atoms with E-state index in [0.29, 0.717) is 18.4 Å². The first-order chi connectivity index (χ1) is 11.0. The fraction of sp³-hybridized carbons (Fsp3) is 0.556. The lowest BCUT2D eigenvalue weighted by molar-refractivity contribution is -0.289. The Morgan fingerprint density at radius 3 is 2.21 bits per heavy atom. The van der Waals surface area contributed by atoms with Gasteiger partial charge in [0.1, 0.15) is 5.75 Å². The number of benzene rings is 1. The first kappa shape index (κ1) is 18.4. The summed E-state index contributed by atoms with van der Waals surface area (Å²) in [6, 6.07) is 6.50. The van der Waals surface area contributed by atoms with E-state index in [2.05, 4.69) is 5.32 Å². The van der Waals surface area contributed by atoms with Crippen LogP contribution >= 0.6 is 0 Å². The minimum absolute atomic E-state index is 0.127. The van der Waals surface area contributed by atoms with Crippen LogP contribution in [0.15, 0.2) is 24.3 Å². The number of hydroxylamine groups is 2. The Balaban J connectivity index is 2.17. The molecular weight excluding hydrogens is 308 g/mol. The Morgan fingerprint density at radius 2 is 1.67 bits per heavy atom. The number of amides is 1. The van der Waals surface area contributed by atoms with E-state index in [-0.39, 0.29) is 17.7 Å². The van der Waals surface area contributed by atoms with E-state index in [4.69, 9.17) is 4.74 Å². The third-order valence-corrected chi connectivity index (χ3v) is 4.31. The number of carbonyl (C=O) groups is 2. The molecule has 1 aliphatic heterocycles. The Labute approximate surface area is 142 Å². The maximum absolute atomic E-state index is 12.6. The summed E-state index contributed by atoms with van der Waals surface area (Å²) in [5, 5.41) is 16.5. The van der Waals surface area contributed by atoms with Gasteiger partial charge in [-0.15, -0.1) is 10.3 Å². The molecule has 1 saturated heterocycles. The number of rotatable bonds is 3. The smallest absolute Gasteiger partial charge is 0.308 e. The molecule has 0 aromatic heterocycles. The maximum atomic E-state index is 12.6. The van der Waals surface area contributed by atoms with Gasteiger partial charge in [0, 0.05) is 24.0 Å². The number of piperidine rings is 1. The Kier molecular flexibility index (Phi) is 5.01. The van der Waals surface area contributed by atoms with E-state index < -0.39 is 17.0 Å². The van der Waals surface area contributed by atoms with Gasteiger partial charge >= 0.3 is 5.97 Å². The average Bonchev–Trinajstić information content (AvgIpc) is 2.44. The monoisotopic (exact) mass is 333 g/mol. The van der Waals surface area contributed by atoms with Crippen molar-refractivity contribution in [3.05, 3.63) is 29.8 Å². The van der Waals surface area contributed by atoms with Crippen molar-refractivity contribution in [2.24, 2.45) is 0 Å². The van der Waals surface area contributed by atoms with Crippen molar-refractivity contribution in [2.45, 2.75) is 64.6 Å². The molecule has 1 aromatic carbocycles. The highest BCUT2D eigenvalue weighted by Gasteiger charge is 2.46. The maximum Gasteiger partial charge on any atom is 0.308 e. The van der Waals surface area contributed by atoms with Crippen LogP contribution in [0.5, 0.6) is 5.75 Å². The molecule has 0 aliphatic carbocycles. The Bertz CT molecular complexity index is 622. The zero-order chi connectivity index (χ0) is 18.1. The fourth-order valence-corrected chi connectivity index (χ4v) is 3.53. The molecule has 1 aliphatic rings. The summed E-state index contributed by atoms with van der Waals surface area (Å²) in [6.45, 7) is 8.82. The molecule has 1 radical (unpaired) electrons. The predicted molar refractivity (Wildman–Crippen MR) is 88.9 cm³/mol. The van der Waals surface area contributed by atoms with Crippen LogP contribution in [0.25, 0.3) is 0 Å². The first-order valence-corrected chi connectivity index (χ1v) is 8.09. The van der Waals surface area contributed by atoms with Crippen molar-refractivity contribution < 1.29 is 19.5 Å². The molecule has 0 atom stereocenters. The fourth-order valence-electron chi connectivity index (χ4n) is 3.53. The summed E-state index contributed by atoms with van der Waals surface area (Å²) >= 11 is 0. The third kappa shape index (κ3) is 3.94. The molecule has 6 nitrogen and oxygen atoms in total. The van der Waals surface area contributed by atoms with Crippen molar-refractivity contribution in [3.63, 3.8) is 0 Å². The van der Waals surface area contributed by atoms with Crippen molar-refractivity contribution >= 4 is 11.9 Å². The standard InChI is InChI=1S/C18H25N2O4/c1-12(21)24-15-9-7-6-8-14(15)16(22)19-13-10-17(2,3)20(23)18(4,5)11-13/h6-9,13H,10-11H2,1-5H3,(H,19,22). The zero-order valence-corrected chi connectivity index (χ0v) is 14.9. The first-order valence-electron chi connectivity index (χ1n) is 8.09. The van der Waals surface area contributed by atoms with Gasteiger partial charge in [0.05, 0.1) is 5.56 Å². The molecule has 1 aromatic rings. The average molecular weight is 333 g/mol. The van der Waals surface area contributed by atoms with E-state index in [1.54, 1.807) is 24.3 Å². The highest BCUT2D eigenvalue weighted by atomic mass is 16.5. The quantitative estimate of drug-likeness (QED) is 0.681. The Hall–Kier alpha value is -1.92. The number of hydrogen-bond acceptors (Lipinski definition) is 4. The minimum atomic E-state index is -0.560. The number of nitrogens with one attached hydrogen (secondary N) is 1. The molecule has 24 heavy (non-hydrogen) atoms. The van der Waals surface area contributed by atoms with Gasteiger partial charge < -0.3 is 10.1 Å². The topological polar surface area (TPSA) is 78.5 Å². The van der Waals surface area contributed by atoms with Gasteiger partial charge in [-0.3, -0.25) is 9.59 Å².